The largest absolute Gasteiger partial charge is 0.472 e. The molecule has 2 rings (SSSR count). The van der Waals surface area contributed by atoms with Crippen molar-refractivity contribution in [2.45, 2.75) is 26.2 Å². The Morgan fingerprint density at radius 1 is 1.13 bits per heavy atom. The van der Waals surface area contributed by atoms with Crippen molar-refractivity contribution in [1.82, 2.24) is 4.98 Å². The Morgan fingerprint density at radius 2 is 1.93 bits per heavy atom. The number of hydrogen-bond acceptors (Lipinski definition) is 2. The van der Waals surface area contributed by atoms with Gasteiger partial charge in [-0.3, -0.25) is 4.98 Å². The van der Waals surface area contributed by atoms with E-state index in [0.717, 1.165) is 11.3 Å². The number of furan rings is 1. The van der Waals surface area contributed by atoms with Crippen LogP contribution in [0.1, 0.15) is 26.3 Å². The van der Waals surface area contributed by atoms with Gasteiger partial charge in [-0.25, -0.2) is 0 Å². The highest BCUT2D eigenvalue weighted by Crippen LogP contribution is 2.24. The van der Waals surface area contributed by atoms with Gasteiger partial charge >= 0.3 is 0 Å². The third kappa shape index (κ3) is 2.09. The Labute approximate surface area is 90.0 Å². The highest BCUT2D eigenvalue weighted by atomic mass is 16.3. The molecule has 2 aromatic heterocycles. The van der Waals surface area contributed by atoms with Crippen molar-refractivity contribution in [2.75, 3.05) is 0 Å². The van der Waals surface area contributed by atoms with Crippen molar-refractivity contribution in [2.24, 2.45) is 0 Å². The molecule has 0 bridgehead atoms. The molecule has 2 nitrogen and oxygen atoms in total. The van der Waals surface area contributed by atoms with Gasteiger partial charge in [0.25, 0.3) is 0 Å². The van der Waals surface area contributed by atoms with E-state index in [-0.39, 0.29) is 5.41 Å². The maximum absolute atomic E-state index is 5.03. The fraction of sp³-hybridized carbons (Fsp3) is 0.308. The lowest BCUT2D eigenvalue weighted by molar-refractivity contribution is 0.568. The summed E-state index contributed by atoms with van der Waals surface area (Å²) in [7, 11) is 0. The van der Waals surface area contributed by atoms with Gasteiger partial charge in [-0.05, 0) is 23.1 Å². The van der Waals surface area contributed by atoms with Crippen LogP contribution in [0.25, 0.3) is 11.3 Å². The monoisotopic (exact) mass is 201 g/mol. The zero-order chi connectivity index (χ0) is 10.9. The Hall–Kier alpha value is -1.57. The van der Waals surface area contributed by atoms with Gasteiger partial charge in [-0.1, -0.05) is 26.8 Å². The molecule has 0 amide bonds. The first-order valence-corrected chi connectivity index (χ1v) is 5.06. The molecule has 0 aliphatic rings. The second-order valence-corrected chi connectivity index (χ2v) is 4.69. The highest BCUT2D eigenvalue weighted by molar-refractivity contribution is 5.57. The van der Waals surface area contributed by atoms with Gasteiger partial charge in [0, 0.05) is 11.8 Å². The normalized spacial score (nSPS) is 11.7. The van der Waals surface area contributed by atoms with Crippen LogP contribution in [0.5, 0.6) is 0 Å². The molecule has 2 heterocycles. The van der Waals surface area contributed by atoms with Crippen LogP contribution in [0.4, 0.5) is 0 Å². The minimum Gasteiger partial charge on any atom is -0.472 e. The van der Waals surface area contributed by atoms with Gasteiger partial charge in [0.1, 0.15) is 0 Å². The van der Waals surface area contributed by atoms with Crippen LogP contribution < -0.4 is 0 Å². The van der Waals surface area contributed by atoms with E-state index in [4.69, 9.17) is 4.42 Å². The van der Waals surface area contributed by atoms with E-state index < -0.39 is 0 Å². The summed E-state index contributed by atoms with van der Waals surface area (Å²) in [6.07, 6.45) is 5.30. The lowest BCUT2D eigenvalue weighted by Gasteiger charge is -2.18. The Bertz CT molecular complexity index is 421. The van der Waals surface area contributed by atoms with Crippen LogP contribution in [0.15, 0.2) is 41.3 Å². The van der Waals surface area contributed by atoms with Gasteiger partial charge < -0.3 is 4.42 Å². The summed E-state index contributed by atoms with van der Waals surface area (Å²) in [4.78, 5) is 4.43. The fourth-order valence-electron chi connectivity index (χ4n) is 1.42. The second kappa shape index (κ2) is 3.54. The quantitative estimate of drug-likeness (QED) is 0.704. The summed E-state index contributed by atoms with van der Waals surface area (Å²) in [6.45, 7) is 6.55. The van der Waals surface area contributed by atoms with E-state index in [0.29, 0.717) is 0 Å². The van der Waals surface area contributed by atoms with Crippen LogP contribution in [0.2, 0.25) is 0 Å². The molecule has 0 aliphatic heterocycles. The van der Waals surface area contributed by atoms with E-state index in [9.17, 15) is 0 Å². The number of aromatic nitrogens is 1. The third-order valence-electron chi connectivity index (χ3n) is 2.45. The van der Waals surface area contributed by atoms with Crippen molar-refractivity contribution in [3.8, 4) is 11.3 Å². The Morgan fingerprint density at radius 3 is 2.40 bits per heavy atom. The number of nitrogens with zero attached hydrogens (tertiary/aromatic N) is 1. The van der Waals surface area contributed by atoms with E-state index in [1.807, 2.05) is 18.3 Å². The SMILES string of the molecule is CC(C)(C)c1ccc(-c2ccoc2)nc1. The molecule has 2 aromatic rings. The lowest BCUT2D eigenvalue weighted by atomic mass is 9.88. The van der Waals surface area contributed by atoms with Gasteiger partial charge in [0.15, 0.2) is 0 Å². The zero-order valence-corrected chi connectivity index (χ0v) is 9.32. The maximum atomic E-state index is 5.03. The average Bonchev–Trinajstić information content (AvgIpc) is 2.69. The van der Waals surface area contributed by atoms with Crippen molar-refractivity contribution < 1.29 is 4.42 Å². The molecule has 0 spiro atoms. The number of hydrogen-bond donors (Lipinski definition) is 0. The molecule has 0 radical (unpaired) electrons. The smallest absolute Gasteiger partial charge is 0.0996 e. The maximum Gasteiger partial charge on any atom is 0.0996 e. The first-order valence-electron chi connectivity index (χ1n) is 5.06. The third-order valence-corrected chi connectivity index (χ3v) is 2.45. The molecule has 0 unspecified atom stereocenters. The van der Waals surface area contributed by atoms with Crippen LogP contribution >= 0.6 is 0 Å². The Kier molecular flexibility index (Phi) is 2.35. The van der Waals surface area contributed by atoms with E-state index in [1.165, 1.54) is 5.56 Å². The average molecular weight is 201 g/mol. The molecule has 0 atom stereocenters. The molecule has 0 saturated carbocycles. The van der Waals surface area contributed by atoms with E-state index >= 15 is 0 Å². The standard InChI is InChI=1S/C13H15NO/c1-13(2,3)11-4-5-12(14-8-11)10-6-7-15-9-10/h4-9H,1-3H3. The van der Waals surface area contributed by atoms with Crippen LogP contribution in [-0.4, -0.2) is 4.98 Å². The number of pyridine rings is 1. The predicted octanol–water partition coefficient (Wildman–Crippen LogP) is 3.64. The van der Waals surface area contributed by atoms with Crippen LogP contribution in [0.3, 0.4) is 0 Å². The molecule has 2 heteroatoms. The van der Waals surface area contributed by atoms with Gasteiger partial charge in [0.2, 0.25) is 0 Å². The second-order valence-electron chi connectivity index (χ2n) is 4.69. The summed E-state index contributed by atoms with van der Waals surface area (Å²) < 4.78 is 5.03. The first-order chi connectivity index (χ1) is 7.07. The summed E-state index contributed by atoms with van der Waals surface area (Å²) in [5, 5.41) is 0. The molecular weight excluding hydrogens is 186 g/mol. The van der Waals surface area contributed by atoms with E-state index in [2.05, 4.69) is 31.8 Å². The topological polar surface area (TPSA) is 26.0 Å². The van der Waals surface area contributed by atoms with E-state index in [1.54, 1.807) is 12.5 Å². The molecule has 0 aromatic carbocycles. The number of rotatable bonds is 1. The minimum absolute atomic E-state index is 0.155. The minimum atomic E-state index is 0.155. The van der Waals surface area contributed by atoms with Gasteiger partial charge in [0.05, 0.1) is 18.2 Å². The predicted molar refractivity (Wildman–Crippen MR) is 60.6 cm³/mol. The van der Waals surface area contributed by atoms with Gasteiger partial charge in [-0.2, -0.15) is 0 Å². The molecular formula is C13H15NO. The molecule has 0 aliphatic carbocycles. The van der Waals surface area contributed by atoms with Crippen LogP contribution in [-0.2, 0) is 5.41 Å². The molecule has 0 saturated heterocycles. The summed E-state index contributed by atoms with van der Waals surface area (Å²) in [6, 6.07) is 6.07. The Balaban J connectivity index is 2.33. The van der Waals surface area contributed by atoms with Crippen molar-refractivity contribution in [3.05, 3.63) is 42.5 Å². The van der Waals surface area contributed by atoms with Gasteiger partial charge in [-0.15, -0.1) is 0 Å². The molecule has 0 N–H and O–H groups in total. The molecule has 15 heavy (non-hydrogen) atoms. The first kappa shape index (κ1) is 9.97. The van der Waals surface area contributed by atoms with Crippen molar-refractivity contribution in [1.29, 1.82) is 0 Å². The summed E-state index contributed by atoms with van der Waals surface area (Å²) in [5.41, 5.74) is 3.38. The summed E-state index contributed by atoms with van der Waals surface area (Å²) in [5.74, 6) is 0. The highest BCUT2D eigenvalue weighted by Gasteiger charge is 2.13. The summed E-state index contributed by atoms with van der Waals surface area (Å²) >= 11 is 0. The zero-order valence-electron chi connectivity index (χ0n) is 9.32. The van der Waals surface area contributed by atoms with Crippen molar-refractivity contribution >= 4 is 0 Å². The van der Waals surface area contributed by atoms with Crippen LogP contribution in [0, 0.1) is 0 Å². The van der Waals surface area contributed by atoms with Crippen molar-refractivity contribution in [3.63, 3.8) is 0 Å². The molecule has 0 fully saturated rings. The fourth-order valence-corrected chi connectivity index (χ4v) is 1.42. The molecule has 78 valence electrons. The lowest BCUT2D eigenvalue weighted by Crippen LogP contribution is -2.11.